The van der Waals surface area contributed by atoms with Crippen molar-refractivity contribution < 1.29 is 4.79 Å². The highest BCUT2D eigenvalue weighted by molar-refractivity contribution is 6.02. The number of nitrogens with zero attached hydrogens (tertiary/aromatic N) is 4. The van der Waals surface area contributed by atoms with Gasteiger partial charge in [0.15, 0.2) is 0 Å². The van der Waals surface area contributed by atoms with E-state index in [1.165, 1.54) is 24.9 Å². The maximum Gasteiger partial charge on any atom is 0.276 e. The summed E-state index contributed by atoms with van der Waals surface area (Å²) >= 11 is 0. The Balaban J connectivity index is 1.73. The maximum absolute atomic E-state index is 12.3. The van der Waals surface area contributed by atoms with Crippen molar-refractivity contribution in [2.45, 2.75) is 6.92 Å². The lowest BCUT2D eigenvalue weighted by atomic mass is 10.1. The van der Waals surface area contributed by atoms with Crippen LogP contribution in [0.4, 0.5) is 11.4 Å². The van der Waals surface area contributed by atoms with Crippen molar-refractivity contribution in [3.63, 3.8) is 0 Å². The second-order valence-corrected chi connectivity index (χ2v) is 6.43. The highest BCUT2D eigenvalue weighted by Crippen LogP contribution is 2.24. The van der Waals surface area contributed by atoms with E-state index >= 15 is 0 Å². The van der Waals surface area contributed by atoms with Gasteiger partial charge in [-0.15, -0.1) is 0 Å². The molecule has 1 aromatic carbocycles. The minimum absolute atomic E-state index is 0.211. The highest BCUT2D eigenvalue weighted by atomic mass is 16.2. The fraction of sp³-hybridized carbons (Fsp3) is 0.389. The summed E-state index contributed by atoms with van der Waals surface area (Å²) in [6, 6.07) is 8.69. The molecule has 1 aliphatic heterocycles. The SMILES string of the molecule is Cc1cc(NC(=O)c2ccc(=O)n(C)n2)ccc1N1CCN(C)CC1. The molecule has 2 aromatic rings. The van der Waals surface area contributed by atoms with Crippen LogP contribution < -0.4 is 15.8 Å². The molecule has 1 N–H and O–H groups in total. The molecule has 25 heavy (non-hydrogen) atoms. The van der Waals surface area contributed by atoms with Crippen LogP contribution in [0.3, 0.4) is 0 Å². The summed E-state index contributed by atoms with van der Waals surface area (Å²) in [6.45, 7) is 6.16. The van der Waals surface area contributed by atoms with Gasteiger partial charge in [-0.05, 0) is 43.8 Å². The van der Waals surface area contributed by atoms with Gasteiger partial charge >= 0.3 is 0 Å². The zero-order valence-corrected chi connectivity index (χ0v) is 14.8. The normalized spacial score (nSPS) is 15.2. The Kier molecular flexibility index (Phi) is 4.85. The van der Waals surface area contributed by atoms with Gasteiger partial charge in [0.25, 0.3) is 11.5 Å². The van der Waals surface area contributed by atoms with E-state index in [1.807, 2.05) is 25.1 Å². The molecule has 3 rings (SSSR count). The predicted molar refractivity (Wildman–Crippen MR) is 98.3 cm³/mol. The quantitative estimate of drug-likeness (QED) is 0.905. The summed E-state index contributed by atoms with van der Waals surface area (Å²) in [5.74, 6) is -0.331. The molecule has 0 spiro atoms. The van der Waals surface area contributed by atoms with Crippen LogP contribution in [-0.2, 0) is 7.05 Å². The van der Waals surface area contributed by atoms with Gasteiger partial charge in [0, 0.05) is 50.7 Å². The lowest BCUT2D eigenvalue weighted by Gasteiger charge is -2.35. The molecule has 0 bridgehead atoms. The molecule has 132 valence electrons. The number of amides is 1. The number of rotatable bonds is 3. The molecule has 0 aliphatic carbocycles. The van der Waals surface area contributed by atoms with E-state index in [0.29, 0.717) is 0 Å². The van der Waals surface area contributed by atoms with E-state index in [0.717, 1.165) is 42.1 Å². The van der Waals surface area contributed by atoms with Crippen molar-refractivity contribution in [2.24, 2.45) is 7.05 Å². The first-order valence-corrected chi connectivity index (χ1v) is 8.34. The number of carbonyl (C=O) groups excluding carboxylic acids is 1. The van der Waals surface area contributed by atoms with Crippen molar-refractivity contribution in [1.82, 2.24) is 14.7 Å². The van der Waals surface area contributed by atoms with E-state index in [4.69, 9.17) is 0 Å². The molecule has 0 saturated carbocycles. The maximum atomic E-state index is 12.3. The molecule has 0 unspecified atom stereocenters. The average Bonchev–Trinajstić information content (AvgIpc) is 2.58. The molecular weight excluding hydrogens is 318 g/mol. The third kappa shape index (κ3) is 3.88. The van der Waals surface area contributed by atoms with Gasteiger partial charge < -0.3 is 15.1 Å². The summed E-state index contributed by atoms with van der Waals surface area (Å²) in [5, 5.41) is 6.81. The minimum Gasteiger partial charge on any atom is -0.369 e. The topological polar surface area (TPSA) is 70.5 Å². The molecule has 1 amide bonds. The van der Waals surface area contributed by atoms with E-state index < -0.39 is 0 Å². The van der Waals surface area contributed by atoms with Crippen LogP contribution in [0.15, 0.2) is 35.1 Å². The number of hydrogen-bond donors (Lipinski definition) is 1. The monoisotopic (exact) mass is 341 g/mol. The lowest BCUT2D eigenvalue weighted by molar-refractivity contribution is 0.102. The lowest BCUT2D eigenvalue weighted by Crippen LogP contribution is -2.44. The van der Waals surface area contributed by atoms with E-state index in [1.54, 1.807) is 0 Å². The van der Waals surface area contributed by atoms with Crippen LogP contribution in [0.1, 0.15) is 16.1 Å². The van der Waals surface area contributed by atoms with Gasteiger partial charge in [-0.25, -0.2) is 4.68 Å². The van der Waals surface area contributed by atoms with Crippen LogP contribution in [-0.4, -0.2) is 53.8 Å². The Morgan fingerprint density at radius 3 is 2.44 bits per heavy atom. The molecule has 1 fully saturated rings. The predicted octanol–water partition coefficient (Wildman–Crippen LogP) is 1.09. The number of nitrogens with one attached hydrogen (secondary N) is 1. The Bertz CT molecular complexity index is 838. The molecule has 1 saturated heterocycles. The van der Waals surface area contributed by atoms with Crippen LogP contribution in [0.25, 0.3) is 0 Å². The molecule has 1 aromatic heterocycles. The first-order valence-electron chi connectivity index (χ1n) is 8.34. The fourth-order valence-electron chi connectivity index (χ4n) is 2.95. The molecule has 7 heteroatoms. The molecule has 7 nitrogen and oxygen atoms in total. The van der Waals surface area contributed by atoms with Gasteiger partial charge in [0.1, 0.15) is 5.69 Å². The van der Waals surface area contributed by atoms with E-state index in [-0.39, 0.29) is 17.2 Å². The minimum atomic E-state index is -0.331. The van der Waals surface area contributed by atoms with E-state index in [9.17, 15) is 9.59 Å². The average molecular weight is 341 g/mol. The van der Waals surface area contributed by atoms with Crippen molar-refractivity contribution >= 4 is 17.3 Å². The second-order valence-electron chi connectivity index (χ2n) is 6.43. The Labute approximate surface area is 146 Å². The zero-order valence-electron chi connectivity index (χ0n) is 14.8. The third-order valence-electron chi connectivity index (χ3n) is 4.49. The van der Waals surface area contributed by atoms with Gasteiger partial charge in [0.05, 0.1) is 0 Å². The number of carbonyl (C=O) groups is 1. The zero-order chi connectivity index (χ0) is 18.0. The highest BCUT2D eigenvalue weighted by Gasteiger charge is 2.16. The number of aryl methyl sites for hydroxylation is 2. The van der Waals surface area contributed by atoms with Crippen LogP contribution in [0.5, 0.6) is 0 Å². The Hall–Kier alpha value is -2.67. The molecule has 0 atom stereocenters. The smallest absolute Gasteiger partial charge is 0.276 e. The summed E-state index contributed by atoms with van der Waals surface area (Å²) in [5.41, 5.74) is 3.00. The number of aromatic nitrogens is 2. The summed E-state index contributed by atoms with van der Waals surface area (Å²) in [4.78, 5) is 28.4. The van der Waals surface area contributed by atoms with Gasteiger partial charge in [-0.1, -0.05) is 0 Å². The van der Waals surface area contributed by atoms with Crippen molar-refractivity contribution in [2.75, 3.05) is 43.4 Å². The number of benzene rings is 1. The Morgan fingerprint density at radius 2 is 1.80 bits per heavy atom. The first kappa shape index (κ1) is 17.2. The first-order chi connectivity index (χ1) is 11.9. The molecule has 1 aliphatic rings. The van der Waals surface area contributed by atoms with Crippen LogP contribution in [0.2, 0.25) is 0 Å². The van der Waals surface area contributed by atoms with Crippen LogP contribution in [0, 0.1) is 6.92 Å². The second kappa shape index (κ2) is 7.06. The number of anilines is 2. The summed E-state index contributed by atoms with van der Waals surface area (Å²) in [6.07, 6.45) is 0. The van der Waals surface area contributed by atoms with Crippen molar-refractivity contribution in [1.29, 1.82) is 0 Å². The van der Waals surface area contributed by atoms with Gasteiger partial charge in [-0.2, -0.15) is 5.10 Å². The van der Waals surface area contributed by atoms with Crippen molar-refractivity contribution in [3.8, 4) is 0 Å². The Morgan fingerprint density at radius 1 is 1.08 bits per heavy atom. The molecular formula is C18H23N5O2. The largest absolute Gasteiger partial charge is 0.369 e. The van der Waals surface area contributed by atoms with E-state index in [2.05, 4.69) is 27.3 Å². The number of piperazine rings is 1. The van der Waals surface area contributed by atoms with Gasteiger partial charge in [0.2, 0.25) is 0 Å². The molecule has 0 radical (unpaired) electrons. The standard InChI is InChI=1S/C18H23N5O2/c1-13-12-14(4-6-16(13)23-10-8-21(2)9-11-23)19-18(25)15-5-7-17(24)22(3)20-15/h4-7,12H,8-11H2,1-3H3,(H,19,25). The van der Waals surface area contributed by atoms with Crippen molar-refractivity contribution in [3.05, 3.63) is 51.9 Å². The number of hydrogen-bond acceptors (Lipinski definition) is 5. The summed E-state index contributed by atoms with van der Waals surface area (Å²) in [7, 11) is 3.66. The fourth-order valence-corrected chi connectivity index (χ4v) is 2.95. The third-order valence-corrected chi connectivity index (χ3v) is 4.49. The van der Waals surface area contributed by atoms with Gasteiger partial charge in [-0.3, -0.25) is 9.59 Å². The number of likely N-dealkylation sites (N-methyl/N-ethyl adjacent to an activating group) is 1. The summed E-state index contributed by atoms with van der Waals surface area (Å²) < 4.78 is 1.15. The molecule has 2 heterocycles. The van der Waals surface area contributed by atoms with Crippen LogP contribution >= 0.6 is 0 Å².